The van der Waals surface area contributed by atoms with Crippen LogP contribution in [0.5, 0.6) is 0 Å². The van der Waals surface area contributed by atoms with E-state index in [0.29, 0.717) is 11.8 Å². The number of nitrogens with zero attached hydrogens (tertiary/aromatic N) is 6. The maximum Gasteiger partial charge on any atom is 0.235 e. The van der Waals surface area contributed by atoms with Gasteiger partial charge in [0.25, 0.3) is 0 Å². The van der Waals surface area contributed by atoms with Gasteiger partial charge in [-0.15, -0.1) is 11.3 Å². The average molecular weight is 999 g/mol. The van der Waals surface area contributed by atoms with E-state index in [1.54, 1.807) is 0 Å². The molecule has 7 heteroatoms. The van der Waals surface area contributed by atoms with Crippen molar-refractivity contribution in [2.75, 3.05) is 0 Å². The van der Waals surface area contributed by atoms with Gasteiger partial charge in [-0.3, -0.25) is 4.57 Å². The lowest BCUT2D eigenvalue weighted by atomic mass is 9.98. The van der Waals surface area contributed by atoms with Gasteiger partial charge >= 0.3 is 0 Å². The fourth-order valence-electron chi connectivity index (χ4n) is 11.8. The van der Waals surface area contributed by atoms with Crippen molar-refractivity contribution < 1.29 is 0 Å². The Morgan fingerprint density at radius 1 is 0.299 bits per heavy atom. The van der Waals surface area contributed by atoms with Crippen molar-refractivity contribution >= 4 is 97.6 Å². The SMILES string of the molecule is c1ccc(-c2cc3c(ccc4nc(-c5ccc6c(c5)c5cc(-c7ccc8c(c7)c7c9ccccc9ccc7n8-c7nc(-c8ccccc8)c8ccccc8n7)ccc5n6-c5ccccc5)nc(-c5ccccc5)c43)s2)cc1. The third-order valence-corrected chi connectivity index (χ3v) is 16.5. The summed E-state index contributed by atoms with van der Waals surface area (Å²) in [7, 11) is 0. The summed E-state index contributed by atoms with van der Waals surface area (Å²) in [5, 5.41) is 10.2. The zero-order chi connectivity index (χ0) is 50.6. The number of para-hydroxylation sites is 2. The van der Waals surface area contributed by atoms with E-state index in [9.17, 15) is 0 Å². The molecule has 0 fully saturated rings. The van der Waals surface area contributed by atoms with Crippen LogP contribution in [0.4, 0.5) is 0 Å². The first kappa shape index (κ1) is 43.3. The van der Waals surface area contributed by atoms with Gasteiger partial charge in [0.05, 0.1) is 44.5 Å². The molecule has 0 bridgehead atoms. The minimum absolute atomic E-state index is 0.639. The van der Waals surface area contributed by atoms with Crippen LogP contribution in [0, 0.1) is 0 Å². The van der Waals surface area contributed by atoms with Crippen LogP contribution >= 0.6 is 11.3 Å². The molecule has 6 nitrogen and oxygen atoms in total. The van der Waals surface area contributed by atoms with Crippen LogP contribution in [-0.4, -0.2) is 29.1 Å². The second kappa shape index (κ2) is 17.2. The lowest BCUT2D eigenvalue weighted by molar-refractivity contribution is 1.01. The number of aromatic nitrogens is 6. The van der Waals surface area contributed by atoms with Crippen molar-refractivity contribution in [1.29, 1.82) is 0 Å². The van der Waals surface area contributed by atoms with E-state index in [0.717, 1.165) is 105 Å². The predicted molar refractivity (Wildman–Crippen MR) is 321 cm³/mol. The van der Waals surface area contributed by atoms with Crippen molar-refractivity contribution in [2.24, 2.45) is 0 Å². The minimum Gasteiger partial charge on any atom is -0.309 e. The van der Waals surface area contributed by atoms with Gasteiger partial charge in [0.15, 0.2) is 5.82 Å². The Balaban J connectivity index is 0.895. The van der Waals surface area contributed by atoms with Crippen LogP contribution in [-0.2, 0) is 0 Å². The zero-order valence-corrected chi connectivity index (χ0v) is 42.2. The quantitative estimate of drug-likeness (QED) is 0.160. The molecule has 16 aromatic rings. The lowest BCUT2D eigenvalue weighted by Gasteiger charge is -2.12. The molecule has 5 heterocycles. The molecule has 0 aliphatic carbocycles. The van der Waals surface area contributed by atoms with Crippen LogP contribution in [0.1, 0.15) is 0 Å². The van der Waals surface area contributed by atoms with E-state index in [4.69, 9.17) is 19.9 Å². The number of fused-ring (bicyclic) bond motifs is 12. The van der Waals surface area contributed by atoms with Crippen molar-refractivity contribution in [3.63, 3.8) is 0 Å². The van der Waals surface area contributed by atoms with Gasteiger partial charge in [-0.25, -0.2) is 19.9 Å². The second-order valence-electron chi connectivity index (χ2n) is 19.7. The van der Waals surface area contributed by atoms with Crippen molar-refractivity contribution in [2.45, 2.75) is 0 Å². The van der Waals surface area contributed by atoms with Crippen LogP contribution in [0.3, 0.4) is 0 Å². The van der Waals surface area contributed by atoms with Gasteiger partial charge < -0.3 is 4.57 Å². The molecule has 0 atom stereocenters. The Hall–Kier alpha value is -10.1. The topological polar surface area (TPSA) is 61.4 Å². The molecule has 11 aromatic carbocycles. The van der Waals surface area contributed by atoms with Crippen LogP contribution < -0.4 is 0 Å². The van der Waals surface area contributed by atoms with Crippen molar-refractivity contribution in [3.05, 3.63) is 255 Å². The van der Waals surface area contributed by atoms with Gasteiger partial charge in [-0.2, -0.15) is 0 Å². The van der Waals surface area contributed by atoms with Crippen LogP contribution in [0.15, 0.2) is 255 Å². The molecular formula is C70H42N6S. The molecule has 0 unspecified atom stereocenters. The summed E-state index contributed by atoms with van der Waals surface area (Å²) in [6.45, 7) is 0. The van der Waals surface area contributed by atoms with E-state index in [1.807, 2.05) is 17.4 Å². The van der Waals surface area contributed by atoms with Gasteiger partial charge in [0.2, 0.25) is 5.95 Å². The molecule has 5 aromatic heterocycles. The summed E-state index contributed by atoms with van der Waals surface area (Å²) >= 11 is 1.81. The third kappa shape index (κ3) is 6.95. The first-order valence-corrected chi connectivity index (χ1v) is 26.8. The molecule has 77 heavy (non-hydrogen) atoms. The Morgan fingerprint density at radius 3 is 1.60 bits per heavy atom. The zero-order valence-electron chi connectivity index (χ0n) is 41.3. The number of rotatable bonds is 7. The maximum atomic E-state index is 5.50. The fraction of sp³-hybridized carbons (Fsp3) is 0. The normalized spacial score (nSPS) is 11.9. The van der Waals surface area contributed by atoms with Crippen molar-refractivity contribution in [1.82, 2.24) is 29.1 Å². The minimum atomic E-state index is 0.639. The van der Waals surface area contributed by atoms with E-state index in [-0.39, 0.29) is 0 Å². The first-order valence-electron chi connectivity index (χ1n) is 25.9. The second-order valence-corrected chi connectivity index (χ2v) is 20.8. The molecule has 0 N–H and O–H groups in total. The van der Waals surface area contributed by atoms with E-state index < -0.39 is 0 Å². The number of benzene rings is 11. The third-order valence-electron chi connectivity index (χ3n) is 15.3. The molecule has 0 aliphatic heterocycles. The fourth-order valence-corrected chi connectivity index (χ4v) is 12.9. The Bertz CT molecular complexity index is 5020. The Morgan fingerprint density at radius 2 is 0.870 bits per heavy atom. The molecule has 358 valence electrons. The Kier molecular flexibility index (Phi) is 9.71. The highest BCUT2D eigenvalue weighted by Gasteiger charge is 2.22. The highest BCUT2D eigenvalue weighted by molar-refractivity contribution is 7.22. The monoisotopic (exact) mass is 998 g/mol. The molecule has 0 saturated carbocycles. The standard InChI is InChI=1S/C70H42N6S/c1-5-18-44(19-6-1)64-42-56-63(77-64)38-33-58-66(56)68(46-22-9-3-10-23-46)73-69(71-58)49-32-36-60-54(41-49)53-39-47(30-34-59(53)75(60)50-24-11-4-12-25-50)48-31-35-61-55(40-48)65-51-26-14-13-17-43(51)29-37-62(65)76(61)70-72-57-28-16-15-27-52(57)67(74-70)45-20-7-2-8-21-45/h1-42H. The summed E-state index contributed by atoms with van der Waals surface area (Å²) < 4.78 is 5.84. The molecule has 0 saturated heterocycles. The smallest absolute Gasteiger partial charge is 0.235 e. The molecule has 0 radical (unpaired) electrons. The number of hydrogen-bond donors (Lipinski definition) is 0. The Labute approximate surface area is 446 Å². The van der Waals surface area contributed by atoms with Gasteiger partial charge in [-0.05, 0) is 112 Å². The van der Waals surface area contributed by atoms with Gasteiger partial charge in [0.1, 0.15) is 0 Å². The van der Waals surface area contributed by atoms with E-state index in [2.05, 4.69) is 258 Å². The van der Waals surface area contributed by atoms with Gasteiger partial charge in [0, 0.05) is 69.7 Å². The highest BCUT2D eigenvalue weighted by atomic mass is 32.1. The summed E-state index contributed by atoms with van der Waals surface area (Å²) in [6, 6.07) is 90.9. The highest BCUT2D eigenvalue weighted by Crippen LogP contribution is 2.44. The number of hydrogen-bond acceptors (Lipinski definition) is 5. The molecule has 0 amide bonds. The van der Waals surface area contributed by atoms with Gasteiger partial charge in [-0.1, -0.05) is 170 Å². The summed E-state index contributed by atoms with van der Waals surface area (Å²) in [5.41, 5.74) is 15.6. The summed E-state index contributed by atoms with van der Waals surface area (Å²) in [4.78, 5) is 22.8. The average Bonchev–Trinajstić information content (AvgIpc) is 4.28. The lowest BCUT2D eigenvalue weighted by Crippen LogP contribution is -2.03. The molecule has 0 spiro atoms. The van der Waals surface area contributed by atoms with Crippen LogP contribution in [0.2, 0.25) is 0 Å². The maximum absolute atomic E-state index is 5.50. The van der Waals surface area contributed by atoms with E-state index in [1.165, 1.54) is 36.7 Å². The van der Waals surface area contributed by atoms with E-state index >= 15 is 0 Å². The van der Waals surface area contributed by atoms with Crippen molar-refractivity contribution in [3.8, 4) is 67.1 Å². The largest absolute Gasteiger partial charge is 0.309 e. The van der Waals surface area contributed by atoms with Crippen LogP contribution in [0.25, 0.3) is 153 Å². The number of thiophene rings is 1. The summed E-state index contributed by atoms with van der Waals surface area (Å²) in [6.07, 6.45) is 0. The molecular weight excluding hydrogens is 957 g/mol. The summed E-state index contributed by atoms with van der Waals surface area (Å²) in [5.74, 6) is 1.33. The molecule has 16 rings (SSSR count). The predicted octanol–water partition coefficient (Wildman–Crippen LogP) is 18.5. The molecule has 0 aliphatic rings. The first-order chi connectivity index (χ1) is 38.2.